The van der Waals surface area contributed by atoms with Gasteiger partial charge in [-0.15, -0.1) is 7.05 Å². The van der Waals surface area contributed by atoms with Crippen molar-refractivity contribution in [1.29, 1.82) is 0 Å². The Morgan fingerprint density at radius 3 is 2.82 bits per heavy atom. The fourth-order valence-corrected chi connectivity index (χ4v) is 0.924. The zero-order valence-electron chi connectivity index (χ0n) is 6.34. The van der Waals surface area contributed by atoms with E-state index in [1.807, 2.05) is 18.2 Å². The van der Waals surface area contributed by atoms with E-state index in [1.54, 1.807) is 0 Å². The predicted octanol–water partition coefficient (Wildman–Crippen LogP) is 1.79. The van der Waals surface area contributed by atoms with Crippen LogP contribution in [0.3, 0.4) is 0 Å². The maximum Gasteiger partial charge on any atom is 0.0777 e. The molecule has 1 rings (SSSR count). The van der Waals surface area contributed by atoms with Crippen molar-refractivity contribution in [3.05, 3.63) is 29.1 Å². The Morgan fingerprint density at radius 2 is 2.36 bits per heavy atom. The van der Waals surface area contributed by atoms with Crippen LogP contribution in [0.5, 0.6) is 0 Å². The van der Waals surface area contributed by atoms with Gasteiger partial charge >= 0.3 is 0 Å². The number of likely N-dealkylation sites (N-methyl/N-ethyl adjacent to an activating group) is 1. The van der Waals surface area contributed by atoms with Gasteiger partial charge in [0, 0.05) is 19.5 Å². The van der Waals surface area contributed by atoms with Crippen molar-refractivity contribution < 1.29 is 24.3 Å². The van der Waals surface area contributed by atoms with Crippen LogP contribution in [0.25, 0.3) is 5.32 Å². The van der Waals surface area contributed by atoms with Gasteiger partial charge in [0.1, 0.15) is 0 Å². The second-order valence-corrected chi connectivity index (χ2v) is 2.19. The molecule has 11 heavy (non-hydrogen) atoms. The monoisotopic (exact) mass is 239 g/mol. The molecule has 0 bridgehead atoms. The molecule has 0 heterocycles. The van der Waals surface area contributed by atoms with Gasteiger partial charge in [0.25, 0.3) is 0 Å². The van der Waals surface area contributed by atoms with Crippen molar-refractivity contribution in [1.82, 2.24) is 0 Å². The van der Waals surface area contributed by atoms with Gasteiger partial charge in [0.05, 0.1) is 5.91 Å². The van der Waals surface area contributed by atoms with Crippen LogP contribution < -0.4 is 0 Å². The second-order valence-electron chi connectivity index (χ2n) is 2.19. The molecule has 1 aliphatic carbocycles. The van der Waals surface area contributed by atoms with Crippen LogP contribution in [0.1, 0.15) is 12.8 Å². The summed E-state index contributed by atoms with van der Waals surface area (Å²) in [5.74, 6) is -0.0793. The number of allylic oxidation sites excluding steroid dienone is 3. The molecule has 0 aliphatic heterocycles. The van der Waals surface area contributed by atoms with Gasteiger partial charge in [0.2, 0.25) is 0 Å². The summed E-state index contributed by atoms with van der Waals surface area (Å²) in [4.78, 5) is 10.9. The zero-order valence-corrected chi connectivity index (χ0v) is 7.97. The molecule has 0 spiro atoms. The molecule has 1 amide bonds. The van der Waals surface area contributed by atoms with E-state index in [0.29, 0.717) is 0 Å². The van der Waals surface area contributed by atoms with E-state index in [1.165, 1.54) is 7.05 Å². The number of carbonyl (C=O) groups is 1. The maximum absolute atomic E-state index is 10.9. The summed E-state index contributed by atoms with van der Waals surface area (Å²) in [6.45, 7) is 0. The topological polar surface area (TPSA) is 31.2 Å². The normalized spacial score (nSPS) is 14.8. The number of rotatable bonds is 1. The van der Waals surface area contributed by atoms with Crippen LogP contribution in [0.4, 0.5) is 0 Å². The third kappa shape index (κ3) is 2.98. The largest absolute Gasteiger partial charge is 0.652 e. The Kier molecular flexibility index (Phi) is 5.05. The Labute approximate surface area is 79.5 Å². The fraction of sp³-hybridized carbons (Fsp3) is 0.375. The van der Waals surface area contributed by atoms with Gasteiger partial charge in [-0.1, -0.05) is 18.2 Å². The minimum atomic E-state index is -0.0793. The van der Waals surface area contributed by atoms with E-state index in [0.717, 1.165) is 18.4 Å². The third-order valence-electron chi connectivity index (χ3n) is 1.49. The first-order valence-electron chi connectivity index (χ1n) is 3.34. The molecule has 0 aromatic carbocycles. The summed E-state index contributed by atoms with van der Waals surface area (Å²) in [6, 6.07) is 0. The van der Waals surface area contributed by atoms with Crippen LogP contribution in [-0.2, 0) is 24.3 Å². The van der Waals surface area contributed by atoms with Gasteiger partial charge < -0.3 is 10.1 Å². The van der Waals surface area contributed by atoms with Crippen LogP contribution in [-0.4, -0.2) is 13.0 Å². The quantitative estimate of drug-likeness (QED) is 0.642. The van der Waals surface area contributed by atoms with E-state index >= 15 is 0 Å². The molecular weight excluding hydrogens is 229 g/mol. The molecule has 0 aromatic rings. The van der Waals surface area contributed by atoms with Crippen molar-refractivity contribution in [3.8, 4) is 0 Å². The SMILES string of the molecule is C[N-]C(=O)C1=CC=CCC1.[Rh]. The molecule has 2 nitrogen and oxygen atoms in total. The Balaban J connectivity index is 0.000001000. The third-order valence-corrected chi connectivity index (χ3v) is 1.49. The Morgan fingerprint density at radius 1 is 1.64 bits per heavy atom. The number of nitrogens with zero attached hydrogens (tertiary/aromatic N) is 1. The number of hydrogen-bond acceptors (Lipinski definition) is 1. The second kappa shape index (κ2) is 5.25. The average molecular weight is 239 g/mol. The smallest absolute Gasteiger partial charge is 0.0777 e. The molecule has 3 heteroatoms. The Hall–Kier alpha value is -0.427. The molecule has 1 aliphatic rings. The first-order valence-corrected chi connectivity index (χ1v) is 3.34. The molecule has 0 aromatic heterocycles. The van der Waals surface area contributed by atoms with E-state index in [9.17, 15) is 4.79 Å². The first-order chi connectivity index (χ1) is 4.84. The maximum atomic E-state index is 10.9. The summed E-state index contributed by atoms with van der Waals surface area (Å²) >= 11 is 0. The molecule has 0 fully saturated rings. The summed E-state index contributed by atoms with van der Waals surface area (Å²) in [5, 5.41) is 3.57. The van der Waals surface area contributed by atoms with E-state index in [-0.39, 0.29) is 25.4 Å². The molecule has 0 saturated heterocycles. The van der Waals surface area contributed by atoms with Crippen molar-refractivity contribution in [3.63, 3.8) is 0 Å². The molecule has 0 atom stereocenters. The van der Waals surface area contributed by atoms with Crippen molar-refractivity contribution in [2.24, 2.45) is 0 Å². The van der Waals surface area contributed by atoms with Crippen molar-refractivity contribution in [2.45, 2.75) is 12.8 Å². The molecule has 0 N–H and O–H groups in total. The van der Waals surface area contributed by atoms with Crippen molar-refractivity contribution in [2.75, 3.05) is 7.05 Å². The van der Waals surface area contributed by atoms with Gasteiger partial charge in [-0.3, -0.25) is 0 Å². The molecule has 1 radical (unpaired) electrons. The van der Waals surface area contributed by atoms with Crippen LogP contribution in [0.2, 0.25) is 0 Å². The first kappa shape index (κ1) is 10.6. The predicted molar refractivity (Wildman–Crippen MR) is 40.7 cm³/mol. The van der Waals surface area contributed by atoms with Crippen LogP contribution in [0.15, 0.2) is 23.8 Å². The zero-order chi connectivity index (χ0) is 7.40. The van der Waals surface area contributed by atoms with Gasteiger partial charge in [-0.05, 0) is 18.4 Å². The summed E-state index contributed by atoms with van der Waals surface area (Å²) < 4.78 is 0. The van der Waals surface area contributed by atoms with Crippen molar-refractivity contribution >= 4 is 5.91 Å². The Bertz CT molecular complexity index is 196. The minimum Gasteiger partial charge on any atom is -0.652 e. The summed E-state index contributed by atoms with van der Waals surface area (Å²) in [6.07, 6.45) is 7.59. The standard InChI is InChI=1S/C8H11NO.Rh/c1-9-8(10)7-5-3-2-4-6-7;/h2-3,5H,4,6H2,1H3,(H,9,10);/p-1. The summed E-state index contributed by atoms with van der Waals surface area (Å²) in [5.41, 5.74) is 0.824. The van der Waals surface area contributed by atoms with E-state index < -0.39 is 0 Å². The summed E-state index contributed by atoms with van der Waals surface area (Å²) in [7, 11) is 1.53. The number of carbonyl (C=O) groups excluding carboxylic acids is 1. The van der Waals surface area contributed by atoms with E-state index in [4.69, 9.17) is 0 Å². The molecule has 0 saturated carbocycles. The molecular formula is C8H10NORh-. The van der Waals surface area contributed by atoms with E-state index in [2.05, 4.69) is 5.32 Å². The number of hydrogen-bond donors (Lipinski definition) is 0. The minimum absolute atomic E-state index is 0. The average Bonchev–Trinajstić information content (AvgIpc) is 2.05. The van der Waals surface area contributed by atoms with Gasteiger partial charge in [0.15, 0.2) is 0 Å². The van der Waals surface area contributed by atoms with Crippen LogP contribution in [0, 0.1) is 0 Å². The van der Waals surface area contributed by atoms with Crippen LogP contribution >= 0.6 is 0 Å². The van der Waals surface area contributed by atoms with Gasteiger partial charge in [-0.25, -0.2) is 0 Å². The fourth-order valence-electron chi connectivity index (χ4n) is 0.924. The molecule has 63 valence electrons. The molecule has 0 unspecified atom stereocenters. The number of amides is 1. The van der Waals surface area contributed by atoms with Gasteiger partial charge in [-0.2, -0.15) is 0 Å².